The second-order valence-electron chi connectivity index (χ2n) is 8.55. The van der Waals surface area contributed by atoms with E-state index in [4.69, 9.17) is 11.3 Å². The zero-order chi connectivity index (χ0) is 23.7. The van der Waals surface area contributed by atoms with Gasteiger partial charge in [-0.2, -0.15) is 4.68 Å². The van der Waals surface area contributed by atoms with Crippen LogP contribution in [0, 0.1) is 19.3 Å². The van der Waals surface area contributed by atoms with E-state index in [0.29, 0.717) is 37.6 Å². The highest BCUT2D eigenvalue weighted by molar-refractivity contribution is 5.79. The molecule has 0 N–H and O–H groups in total. The summed E-state index contributed by atoms with van der Waals surface area (Å²) in [5.74, 6) is 0.125. The molecule has 0 radical (unpaired) electrons. The van der Waals surface area contributed by atoms with E-state index in [9.17, 15) is 9.18 Å². The molecule has 0 saturated carbocycles. The van der Waals surface area contributed by atoms with Crippen LogP contribution in [0.25, 0.3) is 10.7 Å². The van der Waals surface area contributed by atoms with Crippen LogP contribution in [-0.2, 0) is 16.0 Å². The van der Waals surface area contributed by atoms with Crippen LogP contribution in [0.15, 0.2) is 36.8 Å². The molecular weight excluding hydrogens is 439 g/mol. The highest BCUT2D eigenvalue weighted by Crippen LogP contribution is 2.32. The van der Waals surface area contributed by atoms with Gasteiger partial charge in [-0.3, -0.25) is 9.69 Å². The fourth-order valence-corrected chi connectivity index (χ4v) is 4.51. The van der Waals surface area contributed by atoms with Crippen molar-refractivity contribution in [3.63, 3.8) is 0 Å². The van der Waals surface area contributed by atoms with Crippen molar-refractivity contribution in [2.75, 3.05) is 32.8 Å². The van der Waals surface area contributed by atoms with Crippen molar-refractivity contribution >= 4 is 11.6 Å². The molecule has 11 heteroatoms. The zero-order valence-corrected chi connectivity index (χ0v) is 18.6. The van der Waals surface area contributed by atoms with Crippen LogP contribution in [0.2, 0.25) is 0 Å². The molecule has 5 rings (SSSR count). The molecule has 2 atom stereocenters. The van der Waals surface area contributed by atoms with Gasteiger partial charge in [-0.05, 0) is 46.2 Å². The van der Waals surface area contributed by atoms with Gasteiger partial charge in [-0.15, -0.1) is 5.10 Å². The standard InChI is InChI=1S/C23H23FN8O2/c1-15-7-17(9-19(24)23(15)25-2)20-12-30-5-6-31(11-18(30)13-34-20)22(33)8-16-3-4-21(26-10-16)32-14-27-28-29-32/h3-4,7,9-10,14,18,20H,5-6,8,11-13H2,1H3/t18-,20-/m0/s1. The number of piperazine rings is 1. The first kappa shape index (κ1) is 22.1. The topological polar surface area (TPSA) is 93.6 Å². The van der Waals surface area contributed by atoms with E-state index >= 15 is 0 Å². The second kappa shape index (κ2) is 9.24. The number of tetrazole rings is 1. The summed E-state index contributed by atoms with van der Waals surface area (Å²) in [6.07, 6.45) is 3.14. The van der Waals surface area contributed by atoms with Gasteiger partial charge in [0.25, 0.3) is 0 Å². The van der Waals surface area contributed by atoms with Crippen LogP contribution >= 0.6 is 0 Å². The van der Waals surface area contributed by atoms with Crippen LogP contribution in [0.3, 0.4) is 0 Å². The quantitative estimate of drug-likeness (QED) is 0.547. The molecular formula is C23H23FN8O2. The van der Waals surface area contributed by atoms with Crippen molar-refractivity contribution in [1.29, 1.82) is 0 Å². The molecule has 10 nitrogen and oxygen atoms in total. The maximum atomic E-state index is 14.3. The molecule has 0 bridgehead atoms. The Balaban J connectivity index is 1.18. The van der Waals surface area contributed by atoms with Crippen LogP contribution in [0.4, 0.5) is 10.1 Å². The number of hydrogen-bond acceptors (Lipinski definition) is 7. The van der Waals surface area contributed by atoms with E-state index in [1.54, 1.807) is 19.2 Å². The molecule has 1 aromatic carbocycles. The minimum Gasteiger partial charge on any atom is -0.370 e. The van der Waals surface area contributed by atoms with E-state index < -0.39 is 5.82 Å². The van der Waals surface area contributed by atoms with Crippen LogP contribution in [-0.4, -0.2) is 79.7 Å². The smallest absolute Gasteiger partial charge is 0.227 e. The first-order chi connectivity index (χ1) is 16.5. The number of benzene rings is 1. The van der Waals surface area contributed by atoms with Gasteiger partial charge < -0.3 is 9.64 Å². The highest BCUT2D eigenvalue weighted by Gasteiger charge is 2.35. The fraction of sp³-hybridized carbons (Fsp3) is 0.391. The number of halogens is 1. The zero-order valence-electron chi connectivity index (χ0n) is 18.6. The average molecular weight is 462 g/mol. The number of carbonyl (C=O) groups excluding carboxylic acids is 1. The first-order valence-corrected chi connectivity index (χ1v) is 11.0. The summed E-state index contributed by atoms with van der Waals surface area (Å²) < 4.78 is 21.8. The highest BCUT2D eigenvalue weighted by atomic mass is 19.1. The Morgan fingerprint density at radius 1 is 1.29 bits per heavy atom. The summed E-state index contributed by atoms with van der Waals surface area (Å²) in [5, 5.41) is 11.0. The number of ether oxygens (including phenoxy) is 1. The summed E-state index contributed by atoms with van der Waals surface area (Å²) in [6.45, 7) is 11.9. The molecule has 174 valence electrons. The van der Waals surface area contributed by atoms with Crippen molar-refractivity contribution in [3.8, 4) is 5.82 Å². The number of rotatable bonds is 4. The third-order valence-electron chi connectivity index (χ3n) is 6.36. The summed E-state index contributed by atoms with van der Waals surface area (Å²) >= 11 is 0. The fourth-order valence-electron chi connectivity index (χ4n) is 4.51. The third kappa shape index (κ3) is 4.37. The van der Waals surface area contributed by atoms with Crippen molar-refractivity contribution in [2.24, 2.45) is 0 Å². The lowest BCUT2D eigenvalue weighted by molar-refractivity contribution is -0.139. The van der Waals surface area contributed by atoms with Gasteiger partial charge >= 0.3 is 0 Å². The predicted octanol–water partition coefficient (Wildman–Crippen LogP) is 1.88. The Morgan fingerprint density at radius 3 is 2.88 bits per heavy atom. The number of amides is 1. The molecule has 0 aliphatic carbocycles. The van der Waals surface area contributed by atoms with Gasteiger partial charge in [0.2, 0.25) is 11.6 Å². The van der Waals surface area contributed by atoms with E-state index in [2.05, 4.69) is 30.3 Å². The van der Waals surface area contributed by atoms with E-state index in [-0.39, 0.29) is 30.2 Å². The number of fused-ring (bicyclic) bond motifs is 1. The van der Waals surface area contributed by atoms with Gasteiger partial charge in [0.05, 0.1) is 31.7 Å². The predicted molar refractivity (Wildman–Crippen MR) is 119 cm³/mol. The van der Waals surface area contributed by atoms with Crippen molar-refractivity contribution < 1.29 is 13.9 Å². The Bertz CT molecular complexity index is 1200. The monoisotopic (exact) mass is 462 g/mol. The van der Waals surface area contributed by atoms with E-state index in [1.807, 2.05) is 17.0 Å². The maximum Gasteiger partial charge on any atom is 0.227 e. The lowest BCUT2D eigenvalue weighted by Gasteiger charge is -2.46. The Labute approximate surface area is 195 Å². The molecule has 4 heterocycles. The van der Waals surface area contributed by atoms with Crippen LogP contribution < -0.4 is 0 Å². The lowest BCUT2D eigenvalue weighted by atomic mass is 10.0. The van der Waals surface area contributed by atoms with Gasteiger partial charge in [-0.1, -0.05) is 12.1 Å². The minimum absolute atomic E-state index is 0.0474. The number of morpholine rings is 1. The molecule has 0 spiro atoms. The molecule has 2 aliphatic rings. The molecule has 2 fully saturated rings. The summed E-state index contributed by atoms with van der Waals surface area (Å²) in [4.78, 5) is 24.7. The maximum absolute atomic E-state index is 14.3. The minimum atomic E-state index is -0.508. The Hall–Kier alpha value is -3.75. The summed E-state index contributed by atoms with van der Waals surface area (Å²) in [6, 6.07) is 6.97. The van der Waals surface area contributed by atoms with Crippen molar-refractivity contribution in [2.45, 2.75) is 25.5 Å². The average Bonchev–Trinajstić information content (AvgIpc) is 3.39. The number of carbonyl (C=O) groups is 1. The van der Waals surface area contributed by atoms with Gasteiger partial charge in [0.15, 0.2) is 5.82 Å². The number of aryl methyl sites for hydroxylation is 1. The molecule has 1 amide bonds. The van der Waals surface area contributed by atoms with Crippen molar-refractivity contribution in [3.05, 3.63) is 70.7 Å². The summed E-state index contributed by atoms with van der Waals surface area (Å²) in [7, 11) is 0. The molecule has 2 aliphatic heterocycles. The second-order valence-corrected chi connectivity index (χ2v) is 8.55. The SMILES string of the molecule is [C-]#[N+]c1c(C)cc([C@@H]2CN3CCN(C(=O)Cc4ccc(-n5cnnn5)nc4)C[C@H]3CO2)cc1F. The Kier molecular flexibility index (Phi) is 6.00. The lowest BCUT2D eigenvalue weighted by Crippen LogP contribution is -2.59. The number of pyridine rings is 1. The third-order valence-corrected chi connectivity index (χ3v) is 6.36. The molecule has 2 saturated heterocycles. The molecule has 2 aromatic heterocycles. The van der Waals surface area contributed by atoms with E-state index in [0.717, 1.165) is 17.7 Å². The van der Waals surface area contributed by atoms with Crippen molar-refractivity contribution in [1.82, 2.24) is 35.0 Å². The number of aromatic nitrogens is 5. The van der Waals surface area contributed by atoms with Gasteiger partial charge in [-0.25, -0.2) is 14.2 Å². The van der Waals surface area contributed by atoms with Gasteiger partial charge in [0.1, 0.15) is 12.1 Å². The van der Waals surface area contributed by atoms with Crippen LogP contribution in [0.1, 0.15) is 22.8 Å². The first-order valence-electron chi connectivity index (χ1n) is 11.0. The molecule has 0 unspecified atom stereocenters. The number of nitrogens with zero attached hydrogens (tertiary/aromatic N) is 8. The number of hydrogen-bond donors (Lipinski definition) is 0. The van der Waals surface area contributed by atoms with Crippen LogP contribution in [0.5, 0.6) is 0 Å². The molecule has 34 heavy (non-hydrogen) atoms. The van der Waals surface area contributed by atoms with E-state index in [1.165, 1.54) is 17.1 Å². The molecule has 3 aromatic rings. The van der Waals surface area contributed by atoms with Gasteiger partial charge in [0, 0.05) is 32.4 Å². The summed E-state index contributed by atoms with van der Waals surface area (Å²) in [5.41, 5.74) is 2.25. The largest absolute Gasteiger partial charge is 0.370 e. The normalized spacial score (nSPS) is 20.6. The Morgan fingerprint density at radius 2 is 2.18 bits per heavy atom.